The van der Waals surface area contributed by atoms with E-state index in [0.717, 1.165) is 5.92 Å². The van der Waals surface area contributed by atoms with E-state index < -0.39 is 0 Å². The number of nitrogens with zero attached hydrogens (tertiary/aromatic N) is 1. The molecule has 1 aliphatic carbocycles. The van der Waals surface area contributed by atoms with E-state index in [-0.39, 0.29) is 5.78 Å². The average molecular weight is 328 g/mol. The molecule has 2 rings (SSSR count). The zero-order valence-corrected chi connectivity index (χ0v) is 14.3. The molecular weight excluding hydrogens is 305 g/mol. The molecule has 1 saturated carbocycles. The molecule has 21 heavy (non-hydrogen) atoms. The van der Waals surface area contributed by atoms with Gasteiger partial charge in [0.05, 0.1) is 11.6 Å². The molecular formula is C17H23Cl2NO. The fourth-order valence-electron chi connectivity index (χ4n) is 3.15. The Labute approximate surface area is 137 Å². The third kappa shape index (κ3) is 4.45. The van der Waals surface area contributed by atoms with E-state index in [1.807, 2.05) is 7.05 Å². The number of rotatable bonds is 5. The maximum Gasteiger partial charge on any atom is 0.178 e. The number of benzene rings is 1. The average Bonchev–Trinajstić information content (AvgIpc) is 2.49. The zero-order chi connectivity index (χ0) is 15.4. The number of carbonyl (C=O) groups is 1. The highest BCUT2D eigenvalue weighted by molar-refractivity contribution is 6.36. The molecule has 0 aliphatic heterocycles. The van der Waals surface area contributed by atoms with Crippen LogP contribution >= 0.6 is 23.2 Å². The van der Waals surface area contributed by atoms with Gasteiger partial charge in [-0.25, -0.2) is 0 Å². The van der Waals surface area contributed by atoms with Crippen LogP contribution in [-0.2, 0) is 0 Å². The third-order valence-corrected chi connectivity index (χ3v) is 5.20. The SMILES string of the molecule is CCC1CCC(N(C)CC(=O)c2cc(Cl)ccc2Cl)CC1. The van der Waals surface area contributed by atoms with Gasteiger partial charge in [-0.2, -0.15) is 0 Å². The van der Waals surface area contributed by atoms with E-state index in [1.165, 1.54) is 32.1 Å². The first-order chi connectivity index (χ1) is 10.0. The van der Waals surface area contributed by atoms with Gasteiger partial charge in [-0.3, -0.25) is 9.69 Å². The van der Waals surface area contributed by atoms with Crippen LogP contribution in [0, 0.1) is 5.92 Å². The quantitative estimate of drug-likeness (QED) is 0.703. The summed E-state index contributed by atoms with van der Waals surface area (Å²) in [6.45, 7) is 2.67. The standard InChI is InChI=1S/C17H23Cl2NO/c1-3-12-4-7-14(8-5-12)20(2)11-17(21)15-10-13(18)6-9-16(15)19/h6,9-10,12,14H,3-5,7-8,11H2,1-2H3. The van der Waals surface area contributed by atoms with E-state index >= 15 is 0 Å². The predicted molar refractivity (Wildman–Crippen MR) is 89.5 cm³/mol. The van der Waals surface area contributed by atoms with Crippen LogP contribution in [0.4, 0.5) is 0 Å². The Morgan fingerprint density at radius 1 is 1.24 bits per heavy atom. The van der Waals surface area contributed by atoms with Crippen molar-refractivity contribution in [1.29, 1.82) is 0 Å². The van der Waals surface area contributed by atoms with Gasteiger partial charge < -0.3 is 0 Å². The zero-order valence-electron chi connectivity index (χ0n) is 12.7. The number of likely N-dealkylation sites (N-methyl/N-ethyl adjacent to an activating group) is 1. The maximum absolute atomic E-state index is 12.4. The number of carbonyl (C=O) groups excluding carboxylic acids is 1. The lowest BCUT2D eigenvalue weighted by Gasteiger charge is -2.34. The van der Waals surface area contributed by atoms with Crippen LogP contribution in [0.25, 0.3) is 0 Å². The van der Waals surface area contributed by atoms with Crippen LogP contribution < -0.4 is 0 Å². The van der Waals surface area contributed by atoms with Crippen molar-refractivity contribution in [2.45, 2.75) is 45.1 Å². The Hall–Kier alpha value is -0.570. The van der Waals surface area contributed by atoms with E-state index in [2.05, 4.69) is 11.8 Å². The first-order valence-electron chi connectivity index (χ1n) is 7.69. The lowest BCUT2D eigenvalue weighted by Crippen LogP contribution is -2.38. The maximum atomic E-state index is 12.4. The van der Waals surface area contributed by atoms with Gasteiger partial charge in [-0.15, -0.1) is 0 Å². The lowest BCUT2D eigenvalue weighted by atomic mass is 9.84. The van der Waals surface area contributed by atoms with Gasteiger partial charge in [0.25, 0.3) is 0 Å². The summed E-state index contributed by atoms with van der Waals surface area (Å²) in [6, 6.07) is 5.56. The van der Waals surface area contributed by atoms with Crippen molar-refractivity contribution in [1.82, 2.24) is 4.90 Å². The van der Waals surface area contributed by atoms with Gasteiger partial charge in [-0.1, -0.05) is 36.5 Å². The number of hydrogen-bond donors (Lipinski definition) is 0. The van der Waals surface area contributed by atoms with E-state index in [0.29, 0.717) is 28.2 Å². The van der Waals surface area contributed by atoms with E-state index in [1.54, 1.807) is 18.2 Å². The van der Waals surface area contributed by atoms with Crippen molar-refractivity contribution >= 4 is 29.0 Å². The fraction of sp³-hybridized carbons (Fsp3) is 0.588. The van der Waals surface area contributed by atoms with Gasteiger partial charge in [0.1, 0.15) is 0 Å². The lowest BCUT2D eigenvalue weighted by molar-refractivity contribution is 0.0885. The Morgan fingerprint density at radius 2 is 1.90 bits per heavy atom. The number of ketones is 1. The molecule has 116 valence electrons. The second kappa shape index (κ2) is 7.62. The monoisotopic (exact) mass is 327 g/mol. The van der Waals surface area contributed by atoms with Gasteiger partial charge in [0.15, 0.2) is 5.78 Å². The molecule has 0 heterocycles. The minimum Gasteiger partial charge on any atom is -0.296 e. The Bertz CT molecular complexity index is 496. The molecule has 0 atom stereocenters. The van der Waals surface area contributed by atoms with Crippen molar-refractivity contribution in [2.24, 2.45) is 5.92 Å². The third-order valence-electron chi connectivity index (χ3n) is 4.64. The highest BCUT2D eigenvalue weighted by Gasteiger charge is 2.24. The molecule has 1 aromatic carbocycles. The van der Waals surface area contributed by atoms with Crippen molar-refractivity contribution in [3.05, 3.63) is 33.8 Å². The fourth-order valence-corrected chi connectivity index (χ4v) is 3.54. The summed E-state index contributed by atoms with van der Waals surface area (Å²) >= 11 is 12.1. The summed E-state index contributed by atoms with van der Waals surface area (Å²) in [5, 5.41) is 1.03. The summed E-state index contributed by atoms with van der Waals surface area (Å²) in [4.78, 5) is 14.6. The van der Waals surface area contributed by atoms with E-state index in [4.69, 9.17) is 23.2 Å². The summed E-state index contributed by atoms with van der Waals surface area (Å²) < 4.78 is 0. The minimum atomic E-state index is 0.0441. The number of hydrogen-bond acceptors (Lipinski definition) is 2. The normalized spacial score (nSPS) is 22.5. The molecule has 0 amide bonds. The minimum absolute atomic E-state index is 0.0441. The molecule has 0 radical (unpaired) electrons. The van der Waals surface area contributed by atoms with Gasteiger partial charge in [0.2, 0.25) is 0 Å². The van der Waals surface area contributed by atoms with Gasteiger partial charge in [-0.05, 0) is 56.8 Å². The molecule has 1 aliphatic rings. The van der Waals surface area contributed by atoms with Crippen molar-refractivity contribution < 1.29 is 4.79 Å². The molecule has 1 aromatic rings. The van der Waals surface area contributed by atoms with Crippen LogP contribution in [0.5, 0.6) is 0 Å². The van der Waals surface area contributed by atoms with Gasteiger partial charge >= 0.3 is 0 Å². The Kier molecular flexibility index (Phi) is 6.09. The van der Waals surface area contributed by atoms with Crippen LogP contribution in [-0.4, -0.2) is 30.3 Å². The second-order valence-corrected chi connectivity index (χ2v) is 6.89. The molecule has 0 aromatic heterocycles. The molecule has 0 spiro atoms. The molecule has 0 bridgehead atoms. The molecule has 0 saturated heterocycles. The van der Waals surface area contributed by atoms with Crippen molar-refractivity contribution in [3.8, 4) is 0 Å². The van der Waals surface area contributed by atoms with Crippen LogP contribution in [0.3, 0.4) is 0 Å². The Balaban J connectivity index is 1.95. The topological polar surface area (TPSA) is 20.3 Å². The smallest absolute Gasteiger partial charge is 0.178 e. The first-order valence-corrected chi connectivity index (χ1v) is 8.45. The summed E-state index contributed by atoms with van der Waals surface area (Å²) in [6.07, 6.45) is 6.19. The predicted octanol–water partition coefficient (Wildman–Crippen LogP) is 5.08. The summed E-state index contributed by atoms with van der Waals surface area (Å²) in [7, 11) is 2.04. The van der Waals surface area contributed by atoms with Crippen molar-refractivity contribution in [3.63, 3.8) is 0 Å². The van der Waals surface area contributed by atoms with Crippen LogP contribution in [0.1, 0.15) is 49.4 Å². The molecule has 0 unspecified atom stereocenters. The number of Topliss-reactive ketones (excluding diaryl/α,β-unsaturated/α-hetero) is 1. The summed E-state index contributed by atoms with van der Waals surface area (Å²) in [5.41, 5.74) is 0.526. The first kappa shape index (κ1) is 16.8. The highest BCUT2D eigenvalue weighted by atomic mass is 35.5. The molecule has 0 N–H and O–H groups in total. The highest BCUT2D eigenvalue weighted by Crippen LogP contribution is 2.29. The van der Waals surface area contributed by atoms with Gasteiger partial charge in [0, 0.05) is 16.6 Å². The second-order valence-electron chi connectivity index (χ2n) is 6.05. The largest absolute Gasteiger partial charge is 0.296 e. The molecule has 2 nitrogen and oxygen atoms in total. The number of halogens is 2. The van der Waals surface area contributed by atoms with Crippen molar-refractivity contribution in [2.75, 3.05) is 13.6 Å². The Morgan fingerprint density at radius 3 is 2.52 bits per heavy atom. The van der Waals surface area contributed by atoms with Crippen LogP contribution in [0.2, 0.25) is 10.0 Å². The summed E-state index contributed by atoms with van der Waals surface area (Å²) in [5.74, 6) is 0.912. The van der Waals surface area contributed by atoms with E-state index in [9.17, 15) is 4.79 Å². The molecule has 1 fully saturated rings. The molecule has 4 heteroatoms. The van der Waals surface area contributed by atoms with Crippen LogP contribution in [0.15, 0.2) is 18.2 Å².